The van der Waals surface area contributed by atoms with Gasteiger partial charge in [-0.05, 0) is 25.0 Å². The molecule has 94 valence electrons. The standard InChI is InChI=1S/C14H22N2O/c1-2-15-14-6-4-3-5-13(14)7-8-16-9-11-17-12-10-16/h3-6,15H,2,7-12H2,1H3. The summed E-state index contributed by atoms with van der Waals surface area (Å²) in [6.07, 6.45) is 1.11. The molecule has 0 amide bonds. The molecule has 1 heterocycles. The predicted molar refractivity (Wildman–Crippen MR) is 71.6 cm³/mol. The van der Waals surface area contributed by atoms with Crippen LogP contribution in [-0.4, -0.2) is 44.3 Å². The Bertz CT molecular complexity index is 335. The summed E-state index contributed by atoms with van der Waals surface area (Å²) in [5.41, 5.74) is 2.70. The molecular formula is C14H22N2O. The minimum atomic E-state index is 0.884. The summed E-state index contributed by atoms with van der Waals surface area (Å²) in [7, 11) is 0. The Labute approximate surface area is 104 Å². The largest absolute Gasteiger partial charge is 0.385 e. The van der Waals surface area contributed by atoms with Gasteiger partial charge in [0.05, 0.1) is 13.2 Å². The molecule has 1 saturated heterocycles. The molecule has 0 bridgehead atoms. The predicted octanol–water partition coefficient (Wildman–Crippen LogP) is 1.99. The van der Waals surface area contributed by atoms with Gasteiger partial charge >= 0.3 is 0 Å². The van der Waals surface area contributed by atoms with Gasteiger partial charge in [-0.1, -0.05) is 18.2 Å². The van der Waals surface area contributed by atoms with Crippen molar-refractivity contribution in [3.8, 4) is 0 Å². The molecule has 0 unspecified atom stereocenters. The summed E-state index contributed by atoms with van der Waals surface area (Å²) < 4.78 is 5.36. The van der Waals surface area contributed by atoms with Crippen LogP contribution < -0.4 is 5.32 Å². The number of nitrogens with zero attached hydrogens (tertiary/aromatic N) is 1. The van der Waals surface area contributed by atoms with E-state index in [4.69, 9.17) is 4.74 Å². The van der Waals surface area contributed by atoms with Gasteiger partial charge in [0.15, 0.2) is 0 Å². The monoisotopic (exact) mass is 234 g/mol. The number of anilines is 1. The first-order valence-corrected chi connectivity index (χ1v) is 6.52. The fourth-order valence-corrected chi connectivity index (χ4v) is 2.20. The summed E-state index contributed by atoms with van der Waals surface area (Å²) in [6.45, 7) is 8.16. The van der Waals surface area contributed by atoms with Gasteiger partial charge in [0.1, 0.15) is 0 Å². The lowest BCUT2D eigenvalue weighted by Gasteiger charge is -2.26. The molecule has 0 atom stereocenters. The van der Waals surface area contributed by atoms with Crippen LogP contribution in [0, 0.1) is 0 Å². The average molecular weight is 234 g/mol. The quantitative estimate of drug-likeness (QED) is 0.843. The first-order valence-electron chi connectivity index (χ1n) is 6.52. The van der Waals surface area contributed by atoms with Gasteiger partial charge < -0.3 is 10.1 Å². The third-order valence-electron chi connectivity index (χ3n) is 3.19. The number of hydrogen-bond donors (Lipinski definition) is 1. The molecule has 1 fully saturated rings. The smallest absolute Gasteiger partial charge is 0.0594 e. The van der Waals surface area contributed by atoms with Crippen molar-refractivity contribution in [2.45, 2.75) is 13.3 Å². The fourth-order valence-electron chi connectivity index (χ4n) is 2.20. The van der Waals surface area contributed by atoms with Crippen molar-refractivity contribution < 1.29 is 4.74 Å². The molecule has 17 heavy (non-hydrogen) atoms. The van der Waals surface area contributed by atoms with E-state index in [1.807, 2.05) is 0 Å². The summed E-state index contributed by atoms with van der Waals surface area (Å²) in [4.78, 5) is 2.48. The van der Waals surface area contributed by atoms with Gasteiger partial charge in [-0.15, -0.1) is 0 Å². The number of nitrogens with one attached hydrogen (secondary N) is 1. The Morgan fingerprint density at radius 1 is 1.24 bits per heavy atom. The molecule has 3 heteroatoms. The summed E-state index contributed by atoms with van der Waals surface area (Å²) in [6, 6.07) is 8.60. The van der Waals surface area contributed by atoms with E-state index in [0.29, 0.717) is 0 Å². The number of ether oxygens (including phenoxy) is 1. The average Bonchev–Trinajstić information content (AvgIpc) is 2.39. The molecule has 0 radical (unpaired) electrons. The first kappa shape index (κ1) is 12.4. The normalized spacial score (nSPS) is 17.0. The Morgan fingerprint density at radius 2 is 2.00 bits per heavy atom. The highest BCUT2D eigenvalue weighted by molar-refractivity contribution is 5.51. The molecule has 0 spiro atoms. The van der Waals surface area contributed by atoms with Crippen molar-refractivity contribution in [3.05, 3.63) is 29.8 Å². The van der Waals surface area contributed by atoms with E-state index in [2.05, 4.69) is 41.4 Å². The van der Waals surface area contributed by atoms with Crippen molar-refractivity contribution in [1.29, 1.82) is 0 Å². The Morgan fingerprint density at radius 3 is 2.76 bits per heavy atom. The van der Waals surface area contributed by atoms with Gasteiger partial charge in [0.25, 0.3) is 0 Å². The zero-order valence-corrected chi connectivity index (χ0v) is 10.6. The van der Waals surface area contributed by atoms with Crippen molar-refractivity contribution in [2.24, 2.45) is 0 Å². The van der Waals surface area contributed by atoms with Crippen LogP contribution in [-0.2, 0) is 11.2 Å². The lowest BCUT2D eigenvalue weighted by molar-refractivity contribution is 0.0384. The Balaban J connectivity index is 1.88. The molecule has 3 nitrogen and oxygen atoms in total. The van der Waals surface area contributed by atoms with E-state index in [1.165, 1.54) is 11.3 Å². The van der Waals surface area contributed by atoms with Crippen LogP contribution in [0.2, 0.25) is 0 Å². The molecule has 1 N–H and O–H groups in total. The zero-order valence-electron chi connectivity index (χ0n) is 10.6. The molecule has 1 aliphatic rings. The van der Waals surface area contributed by atoms with Crippen molar-refractivity contribution >= 4 is 5.69 Å². The maximum absolute atomic E-state index is 5.36. The van der Waals surface area contributed by atoms with Gasteiger partial charge in [0.2, 0.25) is 0 Å². The minimum Gasteiger partial charge on any atom is -0.385 e. The van der Waals surface area contributed by atoms with Gasteiger partial charge in [-0.3, -0.25) is 4.90 Å². The highest BCUT2D eigenvalue weighted by Gasteiger charge is 2.10. The number of hydrogen-bond acceptors (Lipinski definition) is 3. The van der Waals surface area contributed by atoms with Crippen molar-refractivity contribution in [3.63, 3.8) is 0 Å². The van der Waals surface area contributed by atoms with Crippen LogP contribution >= 0.6 is 0 Å². The van der Waals surface area contributed by atoms with E-state index in [1.54, 1.807) is 0 Å². The molecule has 0 saturated carbocycles. The molecule has 1 aromatic carbocycles. The lowest BCUT2D eigenvalue weighted by atomic mass is 10.1. The highest BCUT2D eigenvalue weighted by Crippen LogP contribution is 2.15. The summed E-state index contributed by atoms with van der Waals surface area (Å²) >= 11 is 0. The summed E-state index contributed by atoms with van der Waals surface area (Å²) in [5.74, 6) is 0. The van der Waals surface area contributed by atoms with Crippen LogP contribution in [0.5, 0.6) is 0 Å². The minimum absolute atomic E-state index is 0.884. The second-order valence-electron chi connectivity index (χ2n) is 4.39. The molecule has 2 rings (SSSR count). The van der Waals surface area contributed by atoms with E-state index in [0.717, 1.165) is 45.8 Å². The maximum atomic E-state index is 5.36. The van der Waals surface area contributed by atoms with E-state index >= 15 is 0 Å². The van der Waals surface area contributed by atoms with Gasteiger partial charge in [-0.25, -0.2) is 0 Å². The fraction of sp³-hybridized carbons (Fsp3) is 0.571. The van der Waals surface area contributed by atoms with E-state index < -0.39 is 0 Å². The number of para-hydroxylation sites is 1. The third-order valence-corrected chi connectivity index (χ3v) is 3.19. The van der Waals surface area contributed by atoms with Crippen LogP contribution in [0.15, 0.2) is 24.3 Å². The van der Waals surface area contributed by atoms with Gasteiger partial charge in [0, 0.05) is 31.9 Å². The second kappa shape index (κ2) is 6.62. The Kier molecular flexibility index (Phi) is 4.83. The number of morpholine rings is 1. The lowest BCUT2D eigenvalue weighted by Crippen LogP contribution is -2.37. The van der Waals surface area contributed by atoms with Crippen molar-refractivity contribution in [2.75, 3.05) is 44.7 Å². The van der Waals surface area contributed by atoms with Crippen LogP contribution in [0.3, 0.4) is 0 Å². The first-order chi connectivity index (χ1) is 8.40. The SMILES string of the molecule is CCNc1ccccc1CCN1CCOCC1. The van der Waals surface area contributed by atoms with Crippen molar-refractivity contribution in [1.82, 2.24) is 4.90 Å². The second-order valence-corrected chi connectivity index (χ2v) is 4.39. The summed E-state index contributed by atoms with van der Waals surface area (Å²) in [5, 5.41) is 3.42. The zero-order chi connectivity index (χ0) is 11.9. The molecule has 0 aromatic heterocycles. The maximum Gasteiger partial charge on any atom is 0.0594 e. The Hall–Kier alpha value is -1.06. The number of benzene rings is 1. The van der Waals surface area contributed by atoms with E-state index in [-0.39, 0.29) is 0 Å². The third kappa shape index (κ3) is 3.72. The molecule has 1 aliphatic heterocycles. The van der Waals surface area contributed by atoms with Crippen LogP contribution in [0.4, 0.5) is 5.69 Å². The molecule has 1 aromatic rings. The van der Waals surface area contributed by atoms with Crippen LogP contribution in [0.25, 0.3) is 0 Å². The molecule has 0 aliphatic carbocycles. The number of rotatable bonds is 5. The highest BCUT2D eigenvalue weighted by atomic mass is 16.5. The van der Waals surface area contributed by atoms with Gasteiger partial charge in [-0.2, -0.15) is 0 Å². The van der Waals surface area contributed by atoms with E-state index in [9.17, 15) is 0 Å². The van der Waals surface area contributed by atoms with Crippen LogP contribution in [0.1, 0.15) is 12.5 Å². The topological polar surface area (TPSA) is 24.5 Å². The molecular weight excluding hydrogens is 212 g/mol.